The highest BCUT2D eigenvalue weighted by atomic mass is 14.3. The largest absolute Gasteiger partial charge is 0.214 e. The summed E-state index contributed by atoms with van der Waals surface area (Å²) in [5.41, 5.74) is 1.03. The monoisotopic (exact) mass is 70.1 g/mol. The van der Waals surface area contributed by atoms with E-state index >= 15 is 0 Å². The number of hydrogen-bond donors (Lipinski definition) is 1. The molecule has 0 saturated heterocycles. The van der Waals surface area contributed by atoms with Crippen LogP contribution in [-0.2, 0) is 0 Å². The van der Waals surface area contributed by atoms with Crippen molar-refractivity contribution in [3.8, 4) is 0 Å². The average Bonchev–Trinajstić information content (AvgIpc) is 1.38. The van der Waals surface area contributed by atoms with Crippen LogP contribution in [-0.4, -0.2) is 5.87 Å². The van der Waals surface area contributed by atoms with Gasteiger partial charge in [-0.3, -0.25) is 0 Å². The van der Waals surface area contributed by atoms with Crippen molar-refractivity contribution in [1.29, 1.82) is 0 Å². The van der Waals surface area contributed by atoms with Crippen molar-refractivity contribution in [3.63, 3.8) is 0 Å². The van der Waals surface area contributed by atoms with Crippen LogP contribution >= 0.6 is 0 Å². The van der Waals surface area contributed by atoms with E-state index < -0.39 is 0 Å². The van der Waals surface area contributed by atoms with Crippen molar-refractivity contribution in [1.82, 2.24) is 0 Å². The van der Waals surface area contributed by atoms with Crippen molar-refractivity contribution in [2.45, 2.75) is 13.8 Å². The summed E-state index contributed by atoms with van der Waals surface area (Å²) in [4.78, 5) is 0. The van der Waals surface area contributed by atoms with Gasteiger partial charge in [0.2, 0.25) is 0 Å². The lowest BCUT2D eigenvalue weighted by atomic mass is 10.4. The molecule has 0 atom stereocenters. The maximum Gasteiger partial charge on any atom is 0.161 e. The fraction of sp³-hybridized carbons (Fsp3) is 0.500. The summed E-state index contributed by atoms with van der Waals surface area (Å²) < 4.78 is 0. The molecule has 2 N–H and O–H groups in total. The minimum absolute atomic E-state index is 1.03. The molecule has 0 aliphatic heterocycles. The summed E-state index contributed by atoms with van der Waals surface area (Å²) >= 11 is 0. The normalized spacial score (nSPS) is 6.00. The quantitative estimate of drug-likeness (QED) is 0.368. The lowest BCUT2D eigenvalue weighted by molar-refractivity contribution is -0.101. The molecule has 0 radical (unpaired) electrons. The Labute approximate surface area is 31.8 Å². The lowest BCUT2D eigenvalue weighted by Crippen LogP contribution is -2.25. The zero-order chi connectivity index (χ0) is 4.28. The first-order chi connectivity index (χ1) is 2.27. The zero-order valence-corrected chi connectivity index (χ0v) is 3.58. The fourth-order valence-corrected chi connectivity index (χ4v) is 0. The Morgan fingerprint density at radius 2 is 1.80 bits per heavy atom. The van der Waals surface area contributed by atoms with E-state index in [1.807, 2.05) is 13.8 Å². The topological polar surface area (TPSA) is 25.6 Å². The van der Waals surface area contributed by atoms with Gasteiger partial charge in [-0.05, 0) is 13.8 Å². The highest BCUT2D eigenvalue weighted by Gasteiger charge is 1.64. The fourth-order valence-electron chi connectivity index (χ4n) is 0. The molecule has 0 aliphatic rings. The van der Waals surface area contributed by atoms with Gasteiger partial charge in [0.15, 0.2) is 5.87 Å². The van der Waals surface area contributed by atoms with E-state index in [0.717, 1.165) is 5.57 Å². The van der Waals surface area contributed by atoms with Gasteiger partial charge < -0.3 is 0 Å². The molecule has 0 aromatic carbocycles. The summed E-state index contributed by atoms with van der Waals surface area (Å²) in [6.07, 6.45) is 0. The molecule has 0 heterocycles. The first-order valence-corrected chi connectivity index (χ1v) is 1.54. The van der Waals surface area contributed by atoms with Crippen LogP contribution in [0.2, 0.25) is 0 Å². The second kappa shape index (κ2) is 1.74. The summed E-state index contributed by atoms with van der Waals surface area (Å²) in [6, 6.07) is 0. The molecule has 0 unspecified atom stereocenters. The molecule has 0 bridgehead atoms. The first-order valence-electron chi connectivity index (χ1n) is 1.54. The molecule has 0 rings (SSSR count). The molecular formula is C4H8N+. The van der Waals surface area contributed by atoms with Crippen molar-refractivity contribution < 1.29 is 5.41 Å². The summed E-state index contributed by atoms with van der Waals surface area (Å²) in [6.45, 7) is 3.81. The van der Waals surface area contributed by atoms with Crippen LogP contribution in [0.3, 0.4) is 0 Å². The molecule has 0 aliphatic carbocycles. The van der Waals surface area contributed by atoms with E-state index in [1.165, 1.54) is 0 Å². The van der Waals surface area contributed by atoms with Crippen LogP contribution in [0.4, 0.5) is 0 Å². The van der Waals surface area contributed by atoms with Gasteiger partial charge in [-0.2, -0.15) is 0 Å². The zero-order valence-electron chi connectivity index (χ0n) is 3.58. The Kier molecular flexibility index (Phi) is 1.55. The Morgan fingerprint density at radius 1 is 1.60 bits per heavy atom. The average molecular weight is 70.1 g/mol. The molecule has 0 aromatic heterocycles. The van der Waals surface area contributed by atoms with Gasteiger partial charge in [0.25, 0.3) is 0 Å². The van der Waals surface area contributed by atoms with Crippen molar-refractivity contribution in [2.75, 3.05) is 0 Å². The van der Waals surface area contributed by atoms with Gasteiger partial charge in [0.05, 0.1) is 0 Å². The highest BCUT2D eigenvalue weighted by molar-refractivity contribution is 5.48. The van der Waals surface area contributed by atoms with Crippen molar-refractivity contribution in [3.05, 3.63) is 5.57 Å². The van der Waals surface area contributed by atoms with Crippen molar-refractivity contribution >= 4 is 5.87 Å². The second-order valence-electron chi connectivity index (χ2n) is 1.14. The predicted molar refractivity (Wildman–Crippen MR) is 21.8 cm³/mol. The Morgan fingerprint density at radius 3 is 1.80 bits per heavy atom. The molecule has 0 aromatic rings. The summed E-state index contributed by atoms with van der Waals surface area (Å²) in [5, 5.41) is 4.88. The molecular weight excluding hydrogens is 62.1 g/mol. The molecule has 1 heteroatoms. The Balaban J connectivity index is 3.60. The van der Waals surface area contributed by atoms with Gasteiger partial charge >= 0.3 is 0 Å². The Hall–Kier alpha value is -0.550. The van der Waals surface area contributed by atoms with Gasteiger partial charge in [-0.25, -0.2) is 5.41 Å². The maximum atomic E-state index is 4.88. The van der Waals surface area contributed by atoms with Crippen LogP contribution in [0.15, 0.2) is 5.57 Å². The first kappa shape index (κ1) is 4.45. The highest BCUT2D eigenvalue weighted by Crippen LogP contribution is 1.71. The standard InChI is InChI=1S/C4H7N/c1-4(2)3-5/h5H,1-2H3/p+1. The number of hydrogen-bond acceptors (Lipinski definition) is 0. The molecule has 1 nitrogen and oxygen atoms in total. The third kappa shape index (κ3) is 3.45. The van der Waals surface area contributed by atoms with Crippen LogP contribution < -0.4 is 5.41 Å². The third-order valence-electron chi connectivity index (χ3n) is 0.289. The molecule has 0 fully saturated rings. The summed E-state index contributed by atoms with van der Waals surface area (Å²) in [7, 11) is 0. The number of allylic oxidation sites excluding steroid dienone is 1. The molecule has 28 valence electrons. The van der Waals surface area contributed by atoms with E-state index in [1.54, 1.807) is 0 Å². The molecule has 0 amide bonds. The van der Waals surface area contributed by atoms with Gasteiger partial charge in [0.1, 0.15) is 0 Å². The number of rotatable bonds is 0. The van der Waals surface area contributed by atoms with Gasteiger partial charge in [0, 0.05) is 5.57 Å². The predicted octanol–water partition coefficient (Wildman–Crippen LogP) is -0.619. The minimum atomic E-state index is 1.03. The third-order valence-corrected chi connectivity index (χ3v) is 0.289. The summed E-state index contributed by atoms with van der Waals surface area (Å²) in [5.74, 6) is 2.44. The molecule has 0 spiro atoms. The lowest BCUT2D eigenvalue weighted by Gasteiger charge is -1.60. The van der Waals surface area contributed by atoms with Crippen LogP contribution in [0, 0.1) is 0 Å². The number of nitrogens with two attached hydrogens (primary N) is 1. The van der Waals surface area contributed by atoms with E-state index in [9.17, 15) is 0 Å². The van der Waals surface area contributed by atoms with Gasteiger partial charge in [-0.1, -0.05) is 0 Å². The minimum Gasteiger partial charge on any atom is -0.214 e. The van der Waals surface area contributed by atoms with E-state index in [-0.39, 0.29) is 0 Å². The van der Waals surface area contributed by atoms with Crippen LogP contribution in [0.1, 0.15) is 13.8 Å². The van der Waals surface area contributed by atoms with Crippen LogP contribution in [0.25, 0.3) is 0 Å². The maximum absolute atomic E-state index is 4.88. The van der Waals surface area contributed by atoms with Gasteiger partial charge in [-0.15, -0.1) is 0 Å². The van der Waals surface area contributed by atoms with E-state index in [4.69, 9.17) is 5.41 Å². The SMILES string of the molecule is CC(C)=C=[NH2+]. The molecule has 5 heavy (non-hydrogen) atoms. The second-order valence-corrected chi connectivity index (χ2v) is 1.14. The Bertz CT molecular complexity index is 63.7. The van der Waals surface area contributed by atoms with E-state index in [0.29, 0.717) is 0 Å². The van der Waals surface area contributed by atoms with Crippen molar-refractivity contribution in [2.24, 2.45) is 0 Å². The smallest absolute Gasteiger partial charge is 0.161 e. The van der Waals surface area contributed by atoms with E-state index in [2.05, 4.69) is 5.87 Å². The van der Waals surface area contributed by atoms with Crippen LogP contribution in [0.5, 0.6) is 0 Å². The molecule has 0 saturated carbocycles.